The van der Waals surface area contributed by atoms with Crippen LogP contribution in [0.15, 0.2) is 0 Å². The van der Waals surface area contributed by atoms with Gasteiger partial charge < -0.3 is 44.1 Å². The Bertz CT molecular complexity index is 161. The van der Waals surface area contributed by atoms with Gasteiger partial charge >= 0.3 is 93.4 Å². The van der Waals surface area contributed by atoms with E-state index in [0.717, 1.165) is 0 Å². The van der Waals surface area contributed by atoms with E-state index in [-0.39, 0.29) is 92.4 Å². The van der Waals surface area contributed by atoms with Crippen LogP contribution in [0.5, 0.6) is 0 Å². The molecule has 0 spiro atoms. The standard InChI is InChI=1S/3Mg.H3N.2H3O4P.6H/c;;;;2*1-5(2,3)4;;;;;;/h;;;1H3;2*(H3,1,2,3,4);;;;;;/q3*+2;;;;6*-1/p+6. The summed E-state index contributed by atoms with van der Waals surface area (Å²) in [7, 11) is -9.28. The average molecular weight is 298 g/mol. The summed E-state index contributed by atoms with van der Waals surface area (Å²) in [5, 5.41) is 0. The third kappa shape index (κ3) is 428. The van der Waals surface area contributed by atoms with Gasteiger partial charge in [0.2, 0.25) is 0 Å². The monoisotopic (exact) mass is 297 g/mol. The Morgan fingerprint density at radius 2 is 0.714 bits per heavy atom. The second-order valence-corrected chi connectivity index (χ2v) is 3.08. The molecule has 0 atom stereocenters. The normalized spacial score (nSPS) is 8.43. The fraction of sp³-hybridized carbons (Fsp3) is 0. The third-order valence-electron chi connectivity index (χ3n) is 0. The van der Waals surface area contributed by atoms with E-state index in [0.29, 0.717) is 0 Å². The molecule has 9 N–H and O–H groups in total. The van der Waals surface area contributed by atoms with Crippen molar-refractivity contribution < 1.29 is 55.6 Å². The fourth-order valence-corrected chi connectivity index (χ4v) is 0. The van der Waals surface area contributed by atoms with Gasteiger partial charge in [0.15, 0.2) is 0 Å². The van der Waals surface area contributed by atoms with E-state index in [1.54, 1.807) is 0 Å². The van der Waals surface area contributed by atoms with Crippen molar-refractivity contribution in [2.24, 2.45) is 0 Å². The van der Waals surface area contributed by atoms with E-state index in [2.05, 4.69) is 0 Å². The van der Waals surface area contributed by atoms with E-state index >= 15 is 0 Å². The SMILES string of the molecule is N.O=P(O)(O)O.O=P(O)(O)O.[H+].[H+].[H+].[H+].[H+].[H+].[H-].[H-].[H-].[H-].[H-].[H-].[Mg+2].[Mg+2].[Mg+2]. The van der Waals surface area contributed by atoms with Crippen LogP contribution >= 0.6 is 15.6 Å². The summed E-state index contributed by atoms with van der Waals surface area (Å²) < 4.78 is 17.8. The maximum Gasteiger partial charge on any atom is 2.00 e. The van der Waals surface area contributed by atoms with Crippen molar-refractivity contribution in [3.63, 3.8) is 0 Å². The minimum absolute atomic E-state index is 0. The number of phosphoric acid groups is 2. The molecule has 0 aliphatic rings. The zero-order valence-electron chi connectivity index (χ0n) is 19.2. The van der Waals surface area contributed by atoms with E-state index < -0.39 is 15.6 Å². The molecule has 0 aromatic rings. The second-order valence-electron chi connectivity index (χ2n) is 1.03. The first-order chi connectivity index (χ1) is 4.00. The van der Waals surface area contributed by atoms with Crippen LogP contribution in [0.25, 0.3) is 0 Å². The van der Waals surface area contributed by atoms with Crippen LogP contribution in [0.2, 0.25) is 0 Å². The van der Waals surface area contributed by atoms with Gasteiger partial charge in [-0.2, -0.15) is 0 Å². The predicted octanol–water partition coefficient (Wildman–Crippen LogP) is -1.49. The smallest absolute Gasteiger partial charge is 1.00 e. The van der Waals surface area contributed by atoms with Gasteiger partial charge in [-0.05, 0) is 0 Å². The maximum absolute atomic E-state index is 8.88. The van der Waals surface area contributed by atoms with E-state index in [1.807, 2.05) is 0 Å². The van der Waals surface area contributed by atoms with Crippen molar-refractivity contribution in [2.45, 2.75) is 0 Å². The number of hydrogen-bond donors (Lipinski definition) is 7. The molecule has 0 aliphatic heterocycles. The van der Waals surface area contributed by atoms with Crippen molar-refractivity contribution in [1.29, 1.82) is 0 Å². The molecule has 0 radical (unpaired) electrons. The van der Waals surface area contributed by atoms with Crippen molar-refractivity contribution in [2.75, 3.05) is 0 Å². The van der Waals surface area contributed by atoms with E-state index in [1.165, 1.54) is 0 Å². The van der Waals surface area contributed by atoms with Crippen LogP contribution in [-0.2, 0) is 9.13 Å². The van der Waals surface area contributed by atoms with Crippen molar-refractivity contribution in [1.82, 2.24) is 6.15 Å². The molecule has 14 heteroatoms. The molecule has 0 fully saturated rings. The van der Waals surface area contributed by atoms with Gasteiger partial charge in [0.1, 0.15) is 0 Å². The van der Waals surface area contributed by atoms with Crippen LogP contribution in [0.1, 0.15) is 17.1 Å². The van der Waals surface area contributed by atoms with Gasteiger partial charge in [-0.25, -0.2) is 9.13 Å². The molecule has 9 nitrogen and oxygen atoms in total. The molecule has 0 rings (SSSR count). The average Bonchev–Trinajstić information content (AvgIpc) is 1.12. The summed E-state index contributed by atoms with van der Waals surface area (Å²) in [6.07, 6.45) is 0. The van der Waals surface area contributed by atoms with E-state index in [4.69, 9.17) is 38.5 Å². The Labute approximate surface area is 146 Å². The first kappa shape index (κ1) is 36.0. The summed E-state index contributed by atoms with van der Waals surface area (Å²) in [5.74, 6) is 0. The molecule has 0 saturated carbocycles. The zero-order chi connectivity index (χ0) is 9.00. The molecule has 0 amide bonds. The molecule has 0 bridgehead atoms. The van der Waals surface area contributed by atoms with Crippen LogP contribution in [0.4, 0.5) is 0 Å². The van der Waals surface area contributed by atoms with Crippen LogP contribution in [0, 0.1) is 0 Å². The predicted molar refractivity (Wildman–Crippen MR) is 64.2 cm³/mol. The summed E-state index contributed by atoms with van der Waals surface area (Å²) >= 11 is 0. The molecule has 0 unspecified atom stereocenters. The quantitative estimate of drug-likeness (QED) is 0.206. The molecule has 0 saturated heterocycles. The summed E-state index contributed by atoms with van der Waals surface area (Å²) in [4.78, 5) is 43.1. The Balaban J connectivity index is -0.00000000190. The third-order valence-corrected chi connectivity index (χ3v) is 0. The summed E-state index contributed by atoms with van der Waals surface area (Å²) in [6, 6.07) is 0. The topological polar surface area (TPSA) is 191 Å². The molecule has 0 aliphatic carbocycles. The Kier molecular flexibility index (Phi) is 39.8. The first-order valence-electron chi connectivity index (χ1n) is 1.57. The molecular weight excluding hydrogens is 277 g/mol. The summed E-state index contributed by atoms with van der Waals surface area (Å²) in [6.45, 7) is 0. The minimum Gasteiger partial charge on any atom is -1.00 e. The molecule has 0 aromatic carbocycles. The van der Waals surface area contributed by atoms with Gasteiger partial charge in [-0.15, -0.1) is 0 Å². The van der Waals surface area contributed by atoms with Gasteiger partial charge in [-0.3, -0.25) is 0 Å². The number of rotatable bonds is 0. The maximum atomic E-state index is 8.88. The Hall–Kier alpha value is 2.48. The van der Waals surface area contributed by atoms with Gasteiger partial charge in [0.05, 0.1) is 0 Å². The van der Waals surface area contributed by atoms with Gasteiger partial charge in [-0.1, -0.05) is 0 Å². The van der Waals surface area contributed by atoms with Gasteiger partial charge in [0, 0.05) is 0 Å². The fourth-order valence-electron chi connectivity index (χ4n) is 0. The molecule has 0 aromatic heterocycles. The van der Waals surface area contributed by atoms with Crippen LogP contribution in [-0.4, -0.2) is 98.5 Å². The molecule has 0 heterocycles. The zero-order valence-corrected chi connectivity index (χ0v) is 13.3. The van der Waals surface area contributed by atoms with E-state index in [9.17, 15) is 0 Å². The second kappa shape index (κ2) is 15.5. The minimum atomic E-state index is -4.64. The number of hydrogen-bond acceptors (Lipinski definition) is 3. The van der Waals surface area contributed by atoms with Crippen LogP contribution in [0.3, 0.4) is 0 Å². The van der Waals surface area contributed by atoms with Crippen LogP contribution < -0.4 is 6.15 Å². The van der Waals surface area contributed by atoms with Gasteiger partial charge in [0.25, 0.3) is 0 Å². The Morgan fingerprint density at radius 1 is 0.714 bits per heavy atom. The van der Waals surface area contributed by atoms with Crippen molar-refractivity contribution >= 4 is 84.8 Å². The largest absolute Gasteiger partial charge is 2.00 e. The molecule has 14 heavy (non-hydrogen) atoms. The van der Waals surface area contributed by atoms with Crippen molar-refractivity contribution in [3.8, 4) is 0 Å². The van der Waals surface area contributed by atoms with Crippen molar-refractivity contribution in [3.05, 3.63) is 0 Å². The first-order valence-corrected chi connectivity index (χ1v) is 4.70. The summed E-state index contributed by atoms with van der Waals surface area (Å²) in [5.41, 5.74) is 0. The molecule has 84 valence electrons. The Morgan fingerprint density at radius 3 is 0.714 bits per heavy atom. The molecular formula is H21Mg3NO8P2+6.